The molecule has 34 heavy (non-hydrogen) atoms. The van der Waals surface area contributed by atoms with Crippen LogP contribution in [0.1, 0.15) is 87.2 Å². The number of pyridine rings is 1. The number of aromatic nitrogens is 1. The maximum atomic E-state index is 13.7. The molecule has 1 saturated heterocycles. The van der Waals surface area contributed by atoms with Crippen LogP contribution in [0.2, 0.25) is 5.02 Å². The van der Waals surface area contributed by atoms with Crippen molar-refractivity contribution in [2.75, 3.05) is 0 Å². The van der Waals surface area contributed by atoms with Crippen molar-refractivity contribution in [3.05, 3.63) is 62.5 Å². The Kier molecular flexibility index (Phi) is 6.06. The SMILES string of the molecule is CC1(C)CC(=O)c2cc(C(=O)NC3CC(C)(C)[NH2+]C(C)(C)C3)c(=O)n(-c3ccc(Cl)cc3)c2C1. The largest absolute Gasteiger partial charge is 0.349 e. The number of hydrogen-bond donors (Lipinski definition) is 2. The number of rotatable bonds is 3. The Balaban J connectivity index is 1.80. The van der Waals surface area contributed by atoms with Crippen LogP contribution in [0, 0.1) is 5.41 Å². The van der Waals surface area contributed by atoms with Gasteiger partial charge in [0.25, 0.3) is 11.5 Å². The number of carbonyl (C=O) groups is 2. The quantitative estimate of drug-likeness (QED) is 0.697. The first-order valence-electron chi connectivity index (χ1n) is 11.9. The van der Waals surface area contributed by atoms with Crippen molar-refractivity contribution in [3.8, 4) is 5.69 Å². The molecule has 0 bridgehead atoms. The number of piperidine rings is 1. The molecule has 182 valence electrons. The van der Waals surface area contributed by atoms with E-state index in [0.29, 0.717) is 34.8 Å². The molecule has 0 saturated carbocycles. The second-order valence-electron chi connectivity index (χ2n) is 12.2. The first-order valence-corrected chi connectivity index (χ1v) is 12.3. The Labute approximate surface area is 206 Å². The van der Waals surface area contributed by atoms with Gasteiger partial charge in [0.15, 0.2) is 5.78 Å². The fourth-order valence-corrected chi connectivity index (χ4v) is 6.15. The molecule has 2 aromatic rings. The van der Waals surface area contributed by atoms with E-state index in [1.165, 1.54) is 10.6 Å². The highest BCUT2D eigenvalue weighted by Gasteiger charge is 2.42. The van der Waals surface area contributed by atoms with Crippen molar-refractivity contribution < 1.29 is 14.9 Å². The Hall–Kier alpha value is -2.44. The van der Waals surface area contributed by atoms with Gasteiger partial charge in [0, 0.05) is 47.3 Å². The predicted octanol–water partition coefficient (Wildman–Crippen LogP) is 3.66. The fourth-order valence-electron chi connectivity index (χ4n) is 6.02. The lowest BCUT2D eigenvalue weighted by Crippen LogP contribution is -3.06. The van der Waals surface area contributed by atoms with E-state index in [1.54, 1.807) is 24.3 Å². The molecule has 4 rings (SSSR count). The monoisotopic (exact) mass is 484 g/mol. The van der Waals surface area contributed by atoms with E-state index in [2.05, 4.69) is 38.3 Å². The standard InChI is InChI=1S/C27H34ClN3O3/c1-25(2)14-21-19(22(32)15-25)11-20(24(34)31(21)18-9-7-16(28)8-10-18)23(33)29-17-12-26(3,4)30-27(5,6)13-17/h7-11,17,30H,12-15H2,1-6H3,(H,29,33)/p+1. The van der Waals surface area contributed by atoms with Gasteiger partial charge in [-0.15, -0.1) is 0 Å². The maximum absolute atomic E-state index is 13.7. The summed E-state index contributed by atoms with van der Waals surface area (Å²) in [5.41, 5.74) is 0.972. The highest BCUT2D eigenvalue weighted by Crippen LogP contribution is 2.35. The van der Waals surface area contributed by atoms with Gasteiger partial charge in [0.2, 0.25) is 0 Å². The lowest BCUT2D eigenvalue weighted by molar-refractivity contribution is -0.787. The molecule has 0 unspecified atom stereocenters. The molecule has 6 nitrogen and oxygen atoms in total. The summed E-state index contributed by atoms with van der Waals surface area (Å²) in [6.07, 6.45) is 2.53. The number of ketones is 1. The van der Waals surface area contributed by atoms with Gasteiger partial charge in [-0.1, -0.05) is 25.4 Å². The van der Waals surface area contributed by atoms with Gasteiger partial charge >= 0.3 is 0 Å². The molecule has 3 N–H and O–H groups in total. The average Bonchev–Trinajstić information content (AvgIpc) is 2.65. The zero-order valence-electron chi connectivity index (χ0n) is 20.9. The molecule has 1 aromatic heterocycles. The average molecular weight is 485 g/mol. The lowest BCUT2D eigenvalue weighted by atomic mass is 9.75. The lowest BCUT2D eigenvalue weighted by Gasteiger charge is -2.43. The second kappa shape index (κ2) is 8.35. The Morgan fingerprint density at radius 1 is 1.00 bits per heavy atom. The Bertz CT molecular complexity index is 1190. The van der Waals surface area contributed by atoms with Crippen LogP contribution in [0.3, 0.4) is 0 Å². The van der Waals surface area contributed by atoms with E-state index in [9.17, 15) is 14.4 Å². The molecule has 0 radical (unpaired) electrons. The first kappa shape index (κ1) is 24.7. The van der Waals surface area contributed by atoms with Crippen LogP contribution in [-0.4, -0.2) is 33.4 Å². The van der Waals surface area contributed by atoms with Crippen molar-refractivity contribution in [3.63, 3.8) is 0 Å². The van der Waals surface area contributed by atoms with Gasteiger partial charge in [-0.25, -0.2) is 0 Å². The number of nitrogens with one attached hydrogen (secondary N) is 1. The summed E-state index contributed by atoms with van der Waals surface area (Å²) in [7, 11) is 0. The molecule has 1 aliphatic carbocycles. The van der Waals surface area contributed by atoms with E-state index in [-0.39, 0.29) is 33.9 Å². The number of quaternary nitrogens is 1. The van der Waals surface area contributed by atoms with Gasteiger partial charge in [-0.3, -0.25) is 19.0 Å². The van der Waals surface area contributed by atoms with Crippen molar-refractivity contribution in [2.24, 2.45) is 5.41 Å². The molecular weight excluding hydrogens is 450 g/mol. The smallest absolute Gasteiger partial charge is 0.268 e. The third kappa shape index (κ3) is 4.98. The molecule has 1 amide bonds. The van der Waals surface area contributed by atoms with Crippen LogP contribution in [0.25, 0.3) is 5.69 Å². The molecule has 1 aromatic carbocycles. The van der Waals surface area contributed by atoms with E-state index in [0.717, 1.165) is 12.8 Å². The molecular formula is C27H35ClN3O3+. The molecule has 2 heterocycles. The fraction of sp³-hybridized carbons (Fsp3) is 0.519. The van der Waals surface area contributed by atoms with Crippen molar-refractivity contribution in [1.82, 2.24) is 9.88 Å². The van der Waals surface area contributed by atoms with Gasteiger partial charge < -0.3 is 10.6 Å². The minimum Gasteiger partial charge on any atom is -0.349 e. The summed E-state index contributed by atoms with van der Waals surface area (Å²) >= 11 is 6.08. The highest BCUT2D eigenvalue weighted by atomic mass is 35.5. The number of carbonyl (C=O) groups excluding carboxylic acids is 2. The third-order valence-electron chi connectivity index (χ3n) is 6.88. The summed E-state index contributed by atoms with van der Waals surface area (Å²) < 4.78 is 1.53. The van der Waals surface area contributed by atoms with Crippen LogP contribution in [0.5, 0.6) is 0 Å². The molecule has 7 heteroatoms. The van der Waals surface area contributed by atoms with E-state index in [1.807, 2.05) is 13.8 Å². The number of hydrogen-bond acceptors (Lipinski definition) is 3. The number of nitrogens with two attached hydrogens (primary N) is 1. The summed E-state index contributed by atoms with van der Waals surface area (Å²) in [6.45, 7) is 12.7. The van der Waals surface area contributed by atoms with Crippen LogP contribution >= 0.6 is 11.6 Å². The molecule has 1 fully saturated rings. The third-order valence-corrected chi connectivity index (χ3v) is 7.13. The number of amides is 1. The molecule has 0 atom stereocenters. The second-order valence-corrected chi connectivity index (χ2v) is 12.6. The van der Waals surface area contributed by atoms with Crippen molar-refractivity contribution in [1.29, 1.82) is 0 Å². The zero-order valence-corrected chi connectivity index (χ0v) is 21.7. The van der Waals surface area contributed by atoms with Crippen LogP contribution < -0.4 is 16.2 Å². The number of fused-ring (bicyclic) bond motifs is 1. The maximum Gasteiger partial charge on any atom is 0.268 e. The Morgan fingerprint density at radius 2 is 1.59 bits per heavy atom. The molecule has 0 spiro atoms. The minimum absolute atomic E-state index is 0.00641. The van der Waals surface area contributed by atoms with Crippen molar-refractivity contribution in [2.45, 2.75) is 84.3 Å². The van der Waals surface area contributed by atoms with Crippen LogP contribution in [0.15, 0.2) is 35.1 Å². The van der Waals surface area contributed by atoms with Gasteiger partial charge in [-0.05, 0) is 69.9 Å². The summed E-state index contributed by atoms with van der Waals surface area (Å²) in [6, 6.07) is 8.38. The minimum atomic E-state index is -0.424. The van der Waals surface area contributed by atoms with Crippen molar-refractivity contribution >= 4 is 23.3 Å². The van der Waals surface area contributed by atoms with Crippen LogP contribution in [-0.2, 0) is 6.42 Å². The van der Waals surface area contributed by atoms with E-state index < -0.39 is 11.5 Å². The number of Topliss-reactive ketones (excluding diaryl/α,β-unsaturated/α-hetero) is 1. The number of nitrogens with zero attached hydrogens (tertiary/aromatic N) is 1. The van der Waals surface area contributed by atoms with Crippen LogP contribution in [0.4, 0.5) is 0 Å². The number of benzene rings is 1. The van der Waals surface area contributed by atoms with Gasteiger partial charge in [0.05, 0.1) is 11.1 Å². The summed E-state index contributed by atoms with van der Waals surface area (Å²) in [5, 5.41) is 6.00. The highest BCUT2D eigenvalue weighted by molar-refractivity contribution is 6.30. The Morgan fingerprint density at radius 3 is 2.18 bits per heavy atom. The summed E-state index contributed by atoms with van der Waals surface area (Å²) in [4.78, 5) is 40.3. The van der Waals surface area contributed by atoms with Gasteiger partial charge in [0.1, 0.15) is 5.56 Å². The van der Waals surface area contributed by atoms with E-state index in [4.69, 9.17) is 11.6 Å². The normalized spacial score (nSPS) is 21.1. The predicted molar refractivity (Wildman–Crippen MR) is 134 cm³/mol. The molecule has 1 aliphatic heterocycles. The first-order chi connectivity index (χ1) is 15.7. The topological polar surface area (TPSA) is 84.8 Å². The van der Waals surface area contributed by atoms with Gasteiger partial charge in [-0.2, -0.15) is 0 Å². The van der Waals surface area contributed by atoms with E-state index >= 15 is 0 Å². The molecule has 2 aliphatic rings. The number of halogens is 1. The summed E-state index contributed by atoms with van der Waals surface area (Å²) in [5.74, 6) is -0.468. The zero-order chi connectivity index (χ0) is 25.1.